The lowest BCUT2D eigenvalue weighted by Crippen LogP contribution is -2.31. The Balaban J connectivity index is 1.88. The monoisotopic (exact) mass is 405 g/mol. The zero-order chi connectivity index (χ0) is 18.2. The number of hydrogen-bond acceptors (Lipinski definition) is 4. The summed E-state index contributed by atoms with van der Waals surface area (Å²) in [5.41, 5.74) is 1.39. The number of ether oxygens (including phenoxy) is 2. The van der Waals surface area contributed by atoms with Crippen LogP contribution >= 0.6 is 15.9 Å². The first-order valence-electron chi connectivity index (χ1n) is 7.94. The molecule has 0 saturated heterocycles. The molecule has 0 unspecified atom stereocenters. The third-order valence-corrected chi connectivity index (χ3v) is 3.99. The molecule has 0 saturated carbocycles. The number of rotatable bonds is 7. The molecule has 0 spiro atoms. The second kappa shape index (κ2) is 9.22. The Morgan fingerprint density at radius 3 is 2.56 bits per heavy atom. The molecule has 6 heteroatoms. The summed E-state index contributed by atoms with van der Waals surface area (Å²) in [6.07, 6.45) is 0. The zero-order valence-electron chi connectivity index (χ0n) is 14.1. The molecule has 1 atom stereocenters. The number of halogens is 1. The fraction of sp³-hybridized carbons (Fsp3) is 0.263. The van der Waals surface area contributed by atoms with E-state index in [2.05, 4.69) is 21.2 Å². The highest BCUT2D eigenvalue weighted by Gasteiger charge is 2.11. The molecule has 0 aliphatic heterocycles. The van der Waals surface area contributed by atoms with Gasteiger partial charge in [0.2, 0.25) is 0 Å². The molecule has 5 nitrogen and oxygen atoms in total. The van der Waals surface area contributed by atoms with Gasteiger partial charge in [-0.15, -0.1) is 0 Å². The molecule has 0 bridgehead atoms. The summed E-state index contributed by atoms with van der Waals surface area (Å²) in [5, 5.41) is 2.87. The number of hydrogen-bond donors (Lipinski definition) is 1. The lowest BCUT2D eigenvalue weighted by atomic mass is 10.1. The molecule has 1 N–H and O–H groups in total. The van der Waals surface area contributed by atoms with Gasteiger partial charge in [0.05, 0.1) is 18.2 Å². The Morgan fingerprint density at radius 2 is 1.88 bits per heavy atom. The van der Waals surface area contributed by atoms with Crippen molar-refractivity contribution in [3.63, 3.8) is 0 Å². The average Bonchev–Trinajstić information content (AvgIpc) is 2.61. The second-order valence-electron chi connectivity index (χ2n) is 5.38. The summed E-state index contributed by atoms with van der Waals surface area (Å²) >= 11 is 3.38. The maximum atomic E-state index is 12.1. The first kappa shape index (κ1) is 19.0. The minimum absolute atomic E-state index is 0.130. The SMILES string of the molecule is CCOC(=O)c1cccc(OCC(=O)N[C@H](C)c2ccc(Br)cc2)c1. The highest BCUT2D eigenvalue weighted by atomic mass is 79.9. The van der Waals surface area contributed by atoms with Gasteiger partial charge in [0, 0.05) is 4.47 Å². The van der Waals surface area contributed by atoms with Crippen LogP contribution in [-0.4, -0.2) is 25.1 Å². The number of benzene rings is 2. The van der Waals surface area contributed by atoms with E-state index in [9.17, 15) is 9.59 Å². The average molecular weight is 406 g/mol. The van der Waals surface area contributed by atoms with Gasteiger partial charge < -0.3 is 14.8 Å². The van der Waals surface area contributed by atoms with Gasteiger partial charge in [-0.25, -0.2) is 4.79 Å². The summed E-state index contributed by atoms with van der Waals surface area (Å²) in [5.74, 6) is -0.213. The van der Waals surface area contributed by atoms with Crippen LogP contribution < -0.4 is 10.1 Å². The van der Waals surface area contributed by atoms with Gasteiger partial charge in [-0.05, 0) is 49.7 Å². The number of carbonyl (C=O) groups excluding carboxylic acids is 2. The number of esters is 1. The maximum absolute atomic E-state index is 12.1. The first-order chi connectivity index (χ1) is 12.0. The lowest BCUT2D eigenvalue weighted by Gasteiger charge is -2.15. The summed E-state index contributed by atoms with van der Waals surface area (Å²) < 4.78 is 11.4. The van der Waals surface area contributed by atoms with Crippen molar-refractivity contribution >= 4 is 27.8 Å². The van der Waals surface area contributed by atoms with Crippen LogP contribution in [0, 0.1) is 0 Å². The fourth-order valence-electron chi connectivity index (χ4n) is 2.19. The Kier molecular flexibility index (Phi) is 7.01. The molecular weight excluding hydrogens is 386 g/mol. The summed E-state index contributed by atoms with van der Waals surface area (Å²) in [4.78, 5) is 23.8. The van der Waals surface area contributed by atoms with Gasteiger partial charge in [-0.1, -0.05) is 34.1 Å². The van der Waals surface area contributed by atoms with Gasteiger partial charge in [-0.2, -0.15) is 0 Å². The molecule has 0 aromatic heterocycles. The molecule has 25 heavy (non-hydrogen) atoms. The van der Waals surface area contributed by atoms with Crippen LogP contribution in [0.25, 0.3) is 0 Å². The van der Waals surface area contributed by atoms with E-state index in [1.165, 1.54) is 0 Å². The first-order valence-corrected chi connectivity index (χ1v) is 8.73. The molecule has 2 aromatic carbocycles. The van der Waals surface area contributed by atoms with E-state index in [4.69, 9.17) is 9.47 Å². The van der Waals surface area contributed by atoms with Crippen LogP contribution in [0.2, 0.25) is 0 Å². The molecular formula is C19H20BrNO4. The summed E-state index contributed by atoms with van der Waals surface area (Å²) in [7, 11) is 0. The van der Waals surface area contributed by atoms with Crippen LogP contribution in [0.15, 0.2) is 53.0 Å². The molecule has 2 aromatic rings. The van der Waals surface area contributed by atoms with Crippen molar-refractivity contribution in [1.82, 2.24) is 5.32 Å². The Bertz CT molecular complexity index is 730. The number of carbonyl (C=O) groups is 2. The normalized spacial score (nSPS) is 11.5. The van der Waals surface area contributed by atoms with E-state index in [1.807, 2.05) is 31.2 Å². The van der Waals surface area contributed by atoms with E-state index >= 15 is 0 Å². The molecule has 1 amide bonds. The zero-order valence-corrected chi connectivity index (χ0v) is 15.7. The topological polar surface area (TPSA) is 64.6 Å². The predicted molar refractivity (Wildman–Crippen MR) is 98.6 cm³/mol. The van der Waals surface area contributed by atoms with Crippen molar-refractivity contribution in [3.8, 4) is 5.75 Å². The van der Waals surface area contributed by atoms with E-state index in [-0.39, 0.29) is 18.6 Å². The van der Waals surface area contributed by atoms with Crippen molar-refractivity contribution in [3.05, 3.63) is 64.1 Å². The highest BCUT2D eigenvalue weighted by molar-refractivity contribution is 9.10. The van der Waals surface area contributed by atoms with Gasteiger partial charge in [0.15, 0.2) is 6.61 Å². The lowest BCUT2D eigenvalue weighted by molar-refractivity contribution is -0.123. The van der Waals surface area contributed by atoms with Gasteiger partial charge in [0.1, 0.15) is 5.75 Å². The fourth-order valence-corrected chi connectivity index (χ4v) is 2.46. The van der Waals surface area contributed by atoms with Crippen LogP contribution in [0.4, 0.5) is 0 Å². The van der Waals surface area contributed by atoms with Gasteiger partial charge >= 0.3 is 5.97 Å². The smallest absolute Gasteiger partial charge is 0.338 e. The highest BCUT2D eigenvalue weighted by Crippen LogP contribution is 2.17. The van der Waals surface area contributed by atoms with Crippen molar-refractivity contribution in [2.75, 3.05) is 13.2 Å². The van der Waals surface area contributed by atoms with E-state index in [1.54, 1.807) is 31.2 Å². The third-order valence-electron chi connectivity index (χ3n) is 3.46. The molecule has 0 heterocycles. The molecule has 0 fully saturated rings. The van der Waals surface area contributed by atoms with Crippen LogP contribution in [0.5, 0.6) is 5.75 Å². The molecule has 0 aliphatic rings. The summed E-state index contributed by atoms with van der Waals surface area (Å²) in [6, 6.07) is 14.2. The van der Waals surface area contributed by atoms with Crippen LogP contribution in [0.1, 0.15) is 35.8 Å². The second-order valence-corrected chi connectivity index (χ2v) is 6.29. The molecule has 132 valence electrons. The minimum Gasteiger partial charge on any atom is -0.484 e. The van der Waals surface area contributed by atoms with Crippen LogP contribution in [-0.2, 0) is 9.53 Å². The standard InChI is InChI=1S/C19H20BrNO4/c1-3-24-19(23)15-5-4-6-17(11-15)25-12-18(22)21-13(2)14-7-9-16(20)10-8-14/h4-11,13H,3,12H2,1-2H3,(H,21,22)/t13-/m1/s1. The van der Waals surface area contributed by atoms with Crippen molar-refractivity contribution < 1.29 is 19.1 Å². The van der Waals surface area contributed by atoms with Gasteiger partial charge in [-0.3, -0.25) is 4.79 Å². The van der Waals surface area contributed by atoms with E-state index in [0.29, 0.717) is 17.9 Å². The largest absolute Gasteiger partial charge is 0.484 e. The van der Waals surface area contributed by atoms with Crippen molar-refractivity contribution in [2.45, 2.75) is 19.9 Å². The van der Waals surface area contributed by atoms with Crippen molar-refractivity contribution in [1.29, 1.82) is 0 Å². The minimum atomic E-state index is -0.415. The quantitative estimate of drug-likeness (QED) is 0.709. The Labute approximate surface area is 155 Å². The summed E-state index contributed by atoms with van der Waals surface area (Å²) in [6.45, 7) is 3.82. The molecule has 0 radical (unpaired) electrons. The molecule has 2 rings (SSSR count). The van der Waals surface area contributed by atoms with Crippen molar-refractivity contribution in [2.24, 2.45) is 0 Å². The van der Waals surface area contributed by atoms with E-state index < -0.39 is 5.97 Å². The van der Waals surface area contributed by atoms with E-state index in [0.717, 1.165) is 10.0 Å². The third kappa shape index (κ3) is 5.90. The number of nitrogens with one attached hydrogen (secondary N) is 1. The Hall–Kier alpha value is -2.34. The number of amides is 1. The van der Waals surface area contributed by atoms with Crippen LogP contribution in [0.3, 0.4) is 0 Å². The Morgan fingerprint density at radius 1 is 1.16 bits per heavy atom. The van der Waals surface area contributed by atoms with Gasteiger partial charge in [0.25, 0.3) is 5.91 Å². The predicted octanol–water partition coefficient (Wildman–Crippen LogP) is 3.88. The maximum Gasteiger partial charge on any atom is 0.338 e. The molecule has 0 aliphatic carbocycles.